The summed E-state index contributed by atoms with van der Waals surface area (Å²) < 4.78 is 1.50. The number of nitrogens with zero attached hydrogens (tertiary/aromatic N) is 7. The van der Waals surface area contributed by atoms with Gasteiger partial charge in [0.1, 0.15) is 11.9 Å². The fourth-order valence-electron chi connectivity index (χ4n) is 3.43. The molecule has 0 amide bonds. The van der Waals surface area contributed by atoms with Crippen molar-refractivity contribution in [2.45, 2.75) is 26.7 Å². The zero-order valence-corrected chi connectivity index (χ0v) is 18.6. The second kappa shape index (κ2) is 10.3. The Morgan fingerprint density at radius 3 is 2.47 bits per heavy atom. The van der Waals surface area contributed by atoms with Crippen LogP contribution in [0.4, 0.5) is 28.8 Å². The van der Waals surface area contributed by atoms with Gasteiger partial charge in [0.25, 0.3) is 5.95 Å². The average molecular weight is 436 g/mol. The maximum absolute atomic E-state index is 9.26. The van der Waals surface area contributed by atoms with Gasteiger partial charge in [0.2, 0.25) is 0 Å². The highest BCUT2D eigenvalue weighted by Gasteiger charge is 2.21. The van der Waals surface area contributed by atoms with Gasteiger partial charge >= 0.3 is 0 Å². The fraction of sp³-hybridized carbons (Fsp3) is 0.381. The van der Waals surface area contributed by atoms with Crippen LogP contribution < -0.4 is 27.0 Å². The van der Waals surface area contributed by atoms with Crippen LogP contribution in [-0.2, 0) is 0 Å². The van der Waals surface area contributed by atoms with E-state index in [9.17, 15) is 5.26 Å². The van der Waals surface area contributed by atoms with Crippen LogP contribution in [-0.4, -0.2) is 51.4 Å². The molecule has 1 aliphatic heterocycles. The van der Waals surface area contributed by atoms with E-state index in [0.717, 1.165) is 49.5 Å². The first kappa shape index (κ1) is 22.6. The Kier molecular flexibility index (Phi) is 7.28. The molecule has 0 saturated carbocycles. The lowest BCUT2D eigenvalue weighted by molar-refractivity contribution is 0.817. The Hall–Kier alpha value is -4.07. The predicted octanol–water partition coefficient (Wildman–Crippen LogP) is 2.16. The van der Waals surface area contributed by atoms with Crippen LogP contribution in [0.5, 0.6) is 0 Å². The maximum atomic E-state index is 9.26. The topological polar surface area (TPSA) is 160 Å². The second-order valence-corrected chi connectivity index (χ2v) is 7.19. The van der Waals surface area contributed by atoms with Crippen LogP contribution in [0.25, 0.3) is 5.95 Å². The molecule has 32 heavy (non-hydrogen) atoms. The number of nitrogen functional groups attached to an aromatic ring is 2. The van der Waals surface area contributed by atoms with E-state index >= 15 is 0 Å². The molecule has 4 heterocycles. The number of aromatic nitrogens is 5. The van der Waals surface area contributed by atoms with Gasteiger partial charge in [-0.25, -0.2) is 15.0 Å². The minimum atomic E-state index is 0.471. The largest absolute Gasteiger partial charge is 0.395 e. The number of nitriles is 1. The van der Waals surface area contributed by atoms with Crippen LogP contribution in [0.3, 0.4) is 0 Å². The van der Waals surface area contributed by atoms with Gasteiger partial charge in [0, 0.05) is 39.1 Å². The number of nitrogens with one attached hydrogen (secondary N) is 2. The van der Waals surface area contributed by atoms with Crippen molar-refractivity contribution in [3.63, 3.8) is 0 Å². The van der Waals surface area contributed by atoms with E-state index in [1.54, 1.807) is 31.7 Å². The lowest BCUT2D eigenvalue weighted by Gasteiger charge is -2.21. The van der Waals surface area contributed by atoms with Crippen LogP contribution in [0, 0.1) is 18.3 Å². The highest BCUT2D eigenvalue weighted by Crippen LogP contribution is 2.31. The first-order valence-electron chi connectivity index (χ1n) is 10.5. The van der Waals surface area contributed by atoms with Crippen LogP contribution in [0.15, 0.2) is 24.7 Å². The molecular formula is C21H29N11. The van der Waals surface area contributed by atoms with Gasteiger partial charge in [-0.2, -0.15) is 15.0 Å². The van der Waals surface area contributed by atoms with Gasteiger partial charge < -0.3 is 27.0 Å². The molecule has 0 atom stereocenters. The highest BCUT2D eigenvalue weighted by atomic mass is 15.4. The second-order valence-electron chi connectivity index (χ2n) is 7.19. The molecule has 1 saturated heterocycles. The third-order valence-electron chi connectivity index (χ3n) is 5.14. The summed E-state index contributed by atoms with van der Waals surface area (Å²) in [6.07, 6.45) is 7.28. The first-order valence-corrected chi connectivity index (χ1v) is 10.5. The molecule has 6 N–H and O–H groups in total. The molecule has 168 valence electrons. The van der Waals surface area contributed by atoms with E-state index in [-0.39, 0.29) is 0 Å². The number of pyridine rings is 1. The molecule has 0 radical (unpaired) electrons. The van der Waals surface area contributed by atoms with E-state index < -0.39 is 0 Å². The molecule has 1 aliphatic rings. The van der Waals surface area contributed by atoms with E-state index in [2.05, 4.69) is 41.7 Å². The zero-order valence-electron chi connectivity index (χ0n) is 18.6. The van der Waals surface area contributed by atoms with Gasteiger partial charge in [-0.1, -0.05) is 0 Å². The van der Waals surface area contributed by atoms with Crippen LogP contribution in [0.2, 0.25) is 0 Å². The molecule has 0 aliphatic carbocycles. The Morgan fingerprint density at radius 2 is 1.88 bits per heavy atom. The first-order chi connectivity index (χ1) is 15.5. The number of hydrogen-bond donors (Lipinski definition) is 4. The molecule has 0 aromatic carbocycles. The summed E-state index contributed by atoms with van der Waals surface area (Å²) in [5.74, 6) is 2.41. The lowest BCUT2D eigenvalue weighted by Crippen LogP contribution is -2.22. The molecule has 11 nitrogen and oxygen atoms in total. The molecule has 0 unspecified atom stereocenters. The maximum Gasteiger partial charge on any atom is 0.252 e. The normalized spacial score (nSPS) is 12.6. The fourth-order valence-corrected chi connectivity index (χ4v) is 3.43. The number of hydrogen-bond acceptors (Lipinski definition) is 10. The molecule has 3 aromatic heterocycles. The van der Waals surface area contributed by atoms with E-state index in [1.165, 1.54) is 4.68 Å². The summed E-state index contributed by atoms with van der Waals surface area (Å²) in [6, 6.07) is 3.97. The summed E-state index contributed by atoms with van der Waals surface area (Å²) in [7, 11) is 1.79. The van der Waals surface area contributed by atoms with Gasteiger partial charge in [-0.15, -0.1) is 0 Å². The van der Waals surface area contributed by atoms with Crippen molar-refractivity contribution in [2.24, 2.45) is 0 Å². The molecule has 4 rings (SSSR count). The van der Waals surface area contributed by atoms with Crippen molar-refractivity contribution in [2.75, 3.05) is 53.7 Å². The molecule has 0 bridgehead atoms. The van der Waals surface area contributed by atoms with Crippen molar-refractivity contribution < 1.29 is 0 Å². The Balaban J connectivity index is 0.000000182. The van der Waals surface area contributed by atoms with Gasteiger partial charge in [-0.05, 0) is 38.3 Å². The van der Waals surface area contributed by atoms with Gasteiger partial charge in [0.15, 0.2) is 11.6 Å². The standard InChI is InChI=1S/C12H17N5.C9H12N6/c1-8-9(7-13)12(17-5-3-4-6-17)16-11(15-2)10(8)14;1-2-11-7-6-14-15(8(7)10)9-12-4-3-5-13-9/h3-6,14H2,1-2H3,(H,15,16);3-6,11H,2,10H2,1H3. The van der Waals surface area contributed by atoms with Gasteiger partial charge in [0.05, 0.1) is 23.1 Å². The van der Waals surface area contributed by atoms with Crippen molar-refractivity contribution in [3.05, 3.63) is 35.8 Å². The van der Waals surface area contributed by atoms with Crippen LogP contribution >= 0.6 is 0 Å². The van der Waals surface area contributed by atoms with Crippen molar-refractivity contribution in [1.29, 1.82) is 5.26 Å². The summed E-state index contributed by atoms with van der Waals surface area (Å²) in [4.78, 5) is 14.8. The minimum absolute atomic E-state index is 0.471. The smallest absolute Gasteiger partial charge is 0.252 e. The Bertz CT molecular complexity index is 1080. The number of nitrogens with two attached hydrogens (primary N) is 2. The monoisotopic (exact) mass is 435 g/mol. The van der Waals surface area contributed by atoms with E-state index in [4.69, 9.17) is 11.5 Å². The minimum Gasteiger partial charge on any atom is -0.395 e. The molecule has 11 heteroatoms. The van der Waals surface area contributed by atoms with Crippen molar-refractivity contribution in [1.82, 2.24) is 24.7 Å². The highest BCUT2D eigenvalue weighted by molar-refractivity contribution is 5.75. The Labute approximate surface area is 187 Å². The molecule has 1 fully saturated rings. The number of rotatable bonds is 5. The quantitative estimate of drug-likeness (QED) is 0.467. The SMILES string of the molecule is CCNc1cnn(-c2ncccn2)c1N.CNc1nc(N2CCCC2)c(C#N)c(C)c1N. The molecular weight excluding hydrogens is 406 g/mol. The van der Waals surface area contributed by atoms with Crippen LogP contribution in [0.1, 0.15) is 30.9 Å². The molecule has 3 aromatic rings. The average Bonchev–Trinajstić information content (AvgIpc) is 3.47. The number of anilines is 5. The van der Waals surface area contributed by atoms with E-state index in [1.807, 2.05) is 13.8 Å². The predicted molar refractivity (Wildman–Crippen MR) is 127 cm³/mol. The Morgan fingerprint density at radius 1 is 1.19 bits per heavy atom. The summed E-state index contributed by atoms with van der Waals surface area (Å²) in [6.45, 7) is 6.60. The molecule has 0 spiro atoms. The van der Waals surface area contributed by atoms with Crippen molar-refractivity contribution in [3.8, 4) is 12.0 Å². The summed E-state index contributed by atoms with van der Waals surface area (Å²) in [5, 5.41) is 19.4. The summed E-state index contributed by atoms with van der Waals surface area (Å²) in [5.41, 5.74) is 14.6. The van der Waals surface area contributed by atoms with Gasteiger partial charge in [-0.3, -0.25) is 0 Å². The third kappa shape index (κ3) is 4.64. The third-order valence-corrected chi connectivity index (χ3v) is 5.14. The lowest BCUT2D eigenvalue weighted by atomic mass is 10.1. The zero-order chi connectivity index (χ0) is 23.1. The van der Waals surface area contributed by atoms with Crippen molar-refractivity contribution >= 4 is 28.8 Å². The van der Waals surface area contributed by atoms with E-state index in [0.29, 0.717) is 28.8 Å². The summed E-state index contributed by atoms with van der Waals surface area (Å²) >= 11 is 0.